The normalized spacial score (nSPS) is 19.5. The van der Waals surface area contributed by atoms with Crippen molar-refractivity contribution >= 4 is 17.0 Å². The third-order valence-corrected chi connectivity index (χ3v) is 5.44. The summed E-state index contributed by atoms with van der Waals surface area (Å²) >= 11 is 1.52. The van der Waals surface area contributed by atoms with E-state index in [1.807, 2.05) is 12.1 Å². The molecule has 1 aromatic rings. The van der Waals surface area contributed by atoms with Gasteiger partial charge in [0.05, 0.1) is 10.6 Å². The van der Waals surface area contributed by atoms with Crippen LogP contribution in [0, 0.1) is 0 Å². The quantitative estimate of drug-likeness (QED) is 0.440. The Morgan fingerprint density at radius 2 is 2.00 bits per heavy atom. The Labute approximate surface area is 143 Å². The lowest BCUT2D eigenvalue weighted by Gasteiger charge is -2.27. The van der Waals surface area contributed by atoms with E-state index < -0.39 is 18.4 Å². The molecule has 8 heteroatoms. The maximum atomic E-state index is 13.2. The smallest absolute Gasteiger partial charge is 0.298 e. The average molecular weight is 365 g/mol. The van der Waals surface area contributed by atoms with E-state index in [4.69, 9.17) is 0 Å². The largest absolute Gasteiger partial charge is 0.410 e. The molecule has 1 unspecified atom stereocenters. The van der Waals surface area contributed by atoms with Gasteiger partial charge >= 0.3 is 6.18 Å². The lowest BCUT2D eigenvalue weighted by Crippen LogP contribution is -2.38. The van der Waals surface area contributed by atoms with Crippen LogP contribution in [0.5, 0.6) is 0 Å². The van der Waals surface area contributed by atoms with Crippen molar-refractivity contribution in [2.24, 2.45) is 5.10 Å². The topological polar surface area (TPSA) is 18.8 Å². The zero-order valence-electron chi connectivity index (χ0n) is 14.1. The van der Waals surface area contributed by atoms with Crippen LogP contribution in [0.2, 0.25) is 0 Å². The minimum atomic E-state index is -4.30. The summed E-state index contributed by atoms with van der Waals surface area (Å²) < 4.78 is 51.3. The van der Waals surface area contributed by atoms with Crippen molar-refractivity contribution in [3.8, 4) is 0 Å². The number of piperidine rings is 1. The van der Waals surface area contributed by atoms with E-state index >= 15 is 0 Å². The summed E-state index contributed by atoms with van der Waals surface area (Å²) in [6.45, 7) is 5.04. The molecule has 1 aliphatic rings. The molecule has 0 bridgehead atoms. The Morgan fingerprint density at radius 3 is 2.58 bits per heavy atom. The number of likely N-dealkylation sites (tertiary alicyclic amines) is 1. The van der Waals surface area contributed by atoms with E-state index in [0.29, 0.717) is 18.6 Å². The molecule has 1 aromatic heterocycles. The maximum Gasteiger partial charge on any atom is 0.410 e. The fourth-order valence-corrected chi connectivity index (χ4v) is 3.51. The predicted molar refractivity (Wildman–Crippen MR) is 89.2 cm³/mol. The Kier molecular flexibility index (Phi) is 6.25. The molecule has 0 aliphatic carbocycles. The molecule has 24 heavy (non-hydrogen) atoms. The SMILES string of the molecule is C/C(=N\N(C)C(C)C(F)(F)F)c1ccc(CN2CCC(F)CC2)s1. The van der Waals surface area contributed by atoms with Gasteiger partial charge in [0.25, 0.3) is 0 Å². The second kappa shape index (κ2) is 7.82. The Balaban J connectivity index is 1.97. The van der Waals surface area contributed by atoms with Crippen molar-refractivity contribution < 1.29 is 17.6 Å². The van der Waals surface area contributed by atoms with Crippen LogP contribution >= 0.6 is 11.3 Å². The fourth-order valence-electron chi connectivity index (χ4n) is 2.52. The molecule has 2 rings (SSSR count). The number of hydrazone groups is 1. The van der Waals surface area contributed by atoms with Gasteiger partial charge in [-0.25, -0.2) is 4.39 Å². The van der Waals surface area contributed by atoms with Gasteiger partial charge in [-0.15, -0.1) is 11.3 Å². The third-order valence-electron chi connectivity index (χ3n) is 4.26. The van der Waals surface area contributed by atoms with Crippen molar-refractivity contribution in [3.05, 3.63) is 21.9 Å². The molecule has 2 heterocycles. The van der Waals surface area contributed by atoms with E-state index in [1.54, 1.807) is 6.92 Å². The van der Waals surface area contributed by atoms with E-state index in [9.17, 15) is 17.6 Å². The van der Waals surface area contributed by atoms with Crippen molar-refractivity contribution in [2.75, 3.05) is 20.1 Å². The van der Waals surface area contributed by atoms with Crippen LogP contribution in [0.25, 0.3) is 0 Å². The summed E-state index contributed by atoms with van der Waals surface area (Å²) in [5, 5.41) is 5.01. The summed E-state index contributed by atoms with van der Waals surface area (Å²) in [6.07, 6.45) is -3.86. The van der Waals surface area contributed by atoms with Crippen LogP contribution in [-0.4, -0.2) is 54.1 Å². The minimum absolute atomic E-state index is 0.562. The van der Waals surface area contributed by atoms with E-state index in [1.165, 1.54) is 18.4 Å². The standard InChI is InChI=1S/C16H23F4N3S/c1-11(21-22(3)12(2)16(18,19)20)15-5-4-14(24-15)10-23-8-6-13(17)7-9-23/h4-5,12-13H,6-10H2,1-3H3/b21-11+. The number of halogens is 4. The molecular formula is C16H23F4N3S. The molecule has 1 fully saturated rings. The molecule has 1 saturated heterocycles. The Bertz CT molecular complexity index is 562. The molecule has 0 radical (unpaired) electrons. The van der Waals surface area contributed by atoms with Crippen LogP contribution < -0.4 is 0 Å². The highest BCUT2D eigenvalue weighted by Crippen LogP contribution is 2.25. The molecule has 3 nitrogen and oxygen atoms in total. The van der Waals surface area contributed by atoms with E-state index in [2.05, 4.69) is 10.0 Å². The maximum absolute atomic E-state index is 13.2. The first-order valence-electron chi connectivity index (χ1n) is 7.97. The molecule has 1 atom stereocenters. The third kappa shape index (κ3) is 5.17. The van der Waals surface area contributed by atoms with Gasteiger partial charge in [-0.3, -0.25) is 9.91 Å². The van der Waals surface area contributed by atoms with Gasteiger partial charge in [0.2, 0.25) is 0 Å². The van der Waals surface area contributed by atoms with Crippen LogP contribution in [0.15, 0.2) is 17.2 Å². The van der Waals surface area contributed by atoms with Crippen molar-refractivity contribution in [1.82, 2.24) is 9.91 Å². The molecular weight excluding hydrogens is 342 g/mol. The molecule has 0 N–H and O–H groups in total. The summed E-state index contributed by atoms with van der Waals surface area (Å²) in [6, 6.07) is 2.22. The number of thiophene rings is 1. The number of nitrogens with zero attached hydrogens (tertiary/aromatic N) is 3. The minimum Gasteiger partial charge on any atom is -0.298 e. The van der Waals surface area contributed by atoms with Crippen LogP contribution in [0.1, 0.15) is 36.4 Å². The first-order valence-corrected chi connectivity index (χ1v) is 8.78. The highest BCUT2D eigenvalue weighted by Gasteiger charge is 2.38. The van der Waals surface area contributed by atoms with E-state index in [-0.39, 0.29) is 0 Å². The van der Waals surface area contributed by atoms with Crippen LogP contribution in [-0.2, 0) is 6.54 Å². The van der Waals surface area contributed by atoms with E-state index in [0.717, 1.165) is 41.3 Å². The van der Waals surface area contributed by atoms with Gasteiger partial charge in [-0.05, 0) is 38.8 Å². The second-order valence-corrected chi connectivity index (χ2v) is 7.36. The number of alkyl halides is 4. The fraction of sp³-hybridized carbons (Fsp3) is 0.688. The summed E-state index contributed by atoms with van der Waals surface area (Å²) in [5.74, 6) is 0. The average Bonchev–Trinajstić information content (AvgIpc) is 2.96. The van der Waals surface area contributed by atoms with Gasteiger partial charge in [0.15, 0.2) is 0 Å². The Morgan fingerprint density at radius 1 is 1.38 bits per heavy atom. The predicted octanol–water partition coefficient (Wildman–Crippen LogP) is 4.29. The zero-order chi connectivity index (χ0) is 17.9. The van der Waals surface area contributed by atoms with Crippen LogP contribution in [0.3, 0.4) is 0 Å². The van der Waals surface area contributed by atoms with Crippen LogP contribution in [0.4, 0.5) is 17.6 Å². The van der Waals surface area contributed by atoms with Crippen molar-refractivity contribution in [1.29, 1.82) is 0 Å². The second-order valence-electron chi connectivity index (χ2n) is 6.19. The molecule has 0 spiro atoms. The number of rotatable bonds is 5. The first kappa shape index (κ1) is 19.2. The van der Waals surface area contributed by atoms with Gasteiger partial charge in [0.1, 0.15) is 12.2 Å². The highest BCUT2D eigenvalue weighted by molar-refractivity contribution is 7.14. The summed E-state index contributed by atoms with van der Waals surface area (Å²) in [5.41, 5.74) is 0.562. The van der Waals surface area contributed by atoms with Gasteiger partial charge in [-0.1, -0.05) is 0 Å². The molecule has 0 saturated carbocycles. The number of hydrogen-bond donors (Lipinski definition) is 0. The van der Waals surface area contributed by atoms with Gasteiger partial charge in [0, 0.05) is 31.6 Å². The van der Waals surface area contributed by atoms with Crippen molar-refractivity contribution in [2.45, 2.75) is 51.6 Å². The lowest BCUT2D eigenvalue weighted by molar-refractivity contribution is -0.175. The Hall–Kier alpha value is -1.15. The first-order chi connectivity index (χ1) is 11.2. The van der Waals surface area contributed by atoms with Crippen molar-refractivity contribution in [3.63, 3.8) is 0 Å². The zero-order valence-corrected chi connectivity index (χ0v) is 14.9. The molecule has 0 amide bonds. The molecule has 0 aromatic carbocycles. The molecule has 136 valence electrons. The van der Waals surface area contributed by atoms with Gasteiger partial charge in [-0.2, -0.15) is 18.3 Å². The molecule has 1 aliphatic heterocycles. The summed E-state index contributed by atoms with van der Waals surface area (Å²) in [4.78, 5) is 4.17. The number of hydrogen-bond acceptors (Lipinski definition) is 4. The monoisotopic (exact) mass is 365 g/mol. The summed E-state index contributed by atoms with van der Waals surface area (Å²) in [7, 11) is 1.33. The lowest BCUT2D eigenvalue weighted by atomic mass is 10.1. The van der Waals surface area contributed by atoms with Gasteiger partial charge < -0.3 is 0 Å². The highest BCUT2D eigenvalue weighted by atomic mass is 32.1.